The summed E-state index contributed by atoms with van der Waals surface area (Å²) in [6, 6.07) is 12.3. The summed E-state index contributed by atoms with van der Waals surface area (Å²) in [5, 5.41) is 3.01. The van der Waals surface area contributed by atoms with Crippen molar-refractivity contribution < 1.29 is 13.2 Å². The molecule has 0 saturated heterocycles. The number of nitrogens with zero attached hydrogens (tertiary/aromatic N) is 1. The van der Waals surface area contributed by atoms with Gasteiger partial charge in [-0.25, -0.2) is 8.42 Å². The minimum absolute atomic E-state index is 0.222. The molecule has 0 unspecified atom stereocenters. The number of hydrogen-bond donors (Lipinski definition) is 1. The van der Waals surface area contributed by atoms with Crippen LogP contribution in [0.5, 0.6) is 0 Å². The summed E-state index contributed by atoms with van der Waals surface area (Å²) in [5.74, 6) is -0.303. The Balaban J connectivity index is 2.35. The first kappa shape index (κ1) is 22.0. The lowest BCUT2D eigenvalue weighted by molar-refractivity contribution is -0.122. The van der Waals surface area contributed by atoms with Gasteiger partial charge in [-0.15, -0.1) is 0 Å². The van der Waals surface area contributed by atoms with Gasteiger partial charge in [0.1, 0.15) is 6.04 Å². The summed E-state index contributed by atoms with van der Waals surface area (Å²) in [6.07, 6.45) is 1.51. The van der Waals surface area contributed by atoms with Gasteiger partial charge in [-0.1, -0.05) is 42.8 Å². The summed E-state index contributed by atoms with van der Waals surface area (Å²) in [7, 11) is -3.63. The molecule has 2 atom stereocenters. The van der Waals surface area contributed by atoms with Gasteiger partial charge in [-0.05, 0) is 62.9 Å². The van der Waals surface area contributed by atoms with E-state index in [1.807, 2.05) is 52.8 Å². The molecule has 2 aromatic carbocycles. The summed E-state index contributed by atoms with van der Waals surface area (Å²) >= 11 is 0. The number of benzene rings is 2. The molecule has 0 bridgehead atoms. The zero-order chi connectivity index (χ0) is 21.1. The standard InChI is InChI=1S/C22H30N2O3S/c1-7-21(24(28(6,26)27)19-10-8-9-15(2)13-19)22(25)23-18(5)20-14-16(3)11-12-17(20)4/h8-14,18,21H,7H2,1-6H3,(H,23,25)/t18-,21-/m0/s1. The topological polar surface area (TPSA) is 66.5 Å². The average molecular weight is 403 g/mol. The number of anilines is 1. The van der Waals surface area contributed by atoms with Gasteiger partial charge in [-0.2, -0.15) is 0 Å². The van der Waals surface area contributed by atoms with Gasteiger partial charge in [0.25, 0.3) is 0 Å². The number of carbonyl (C=O) groups is 1. The van der Waals surface area contributed by atoms with Crippen LogP contribution in [-0.2, 0) is 14.8 Å². The van der Waals surface area contributed by atoms with Gasteiger partial charge in [0.15, 0.2) is 0 Å². The largest absolute Gasteiger partial charge is 0.348 e. The maximum Gasteiger partial charge on any atom is 0.244 e. The van der Waals surface area contributed by atoms with Crippen molar-refractivity contribution >= 4 is 21.6 Å². The molecule has 0 aromatic heterocycles. The van der Waals surface area contributed by atoms with E-state index in [0.717, 1.165) is 28.5 Å². The molecular weight excluding hydrogens is 372 g/mol. The SMILES string of the molecule is CC[C@@H](C(=O)N[C@@H](C)c1cc(C)ccc1C)N(c1cccc(C)c1)S(C)(=O)=O. The van der Waals surface area contributed by atoms with Crippen molar-refractivity contribution in [3.8, 4) is 0 Å². The molecule has 6 heteroatoms. The van der Waals surface area contributed by atoms with E-state index in [2.05, 4.69) is 11.4 Å². The van der Waals surface area contributed by atoms with E-state index < -0.39 is 16.1 Å². The van der Waals surface area contributed by atoms with E-state index in [1.165, 1.54) is 4.31 Å². The summed E-state index contributed by atoms with van der Waals surface area (Å²) in [4.78, 5) is 13.1. The van der Waals surface area contributed by atoms with E-state index in [-0.39, 0.29) is 11.9 Å². The molecule has 0 radical (unpaired) electrons. The second-order valence-corrected chi connectivity index (χ2v) is 9.27. The Morgan fingerprint density at radius 1 is 1.07 bits per heavy atom. The van der Waals surface area contributed by atoms with Crippen LogP contribution >= 0.6 is 0 Å². The van der Waals surface area contributed by atoms with Crippen LogP contribution in [0.3, 0.4) is 0 Å². The van der Waals surface area contributed by atoms with Crippen molar-refractivity contribution in [2.75, 3.05) is 10.6 Å². The zero-order valence-corrected chi connectivity index (χ0v) is 18.3. The van der Waals surface area contributed by atoms with Crippen molar-refractivity contribution in [1.82, 2.24) is 5.32 Å². The molecule has 0 spiro atoms. The Labute approximate surface area is 168 Å². The third-order valence-electron chi connectivity index (χ3n) is 4.85. The van der Waals surface area contributed by atoms with Crippen LogP contribution in [0.2, 0.25) is 0 Å². The second kappa shape index (κ2) is 8.78. The van der Waals surface area contributed by atoms with Gasteiger partial charge >= 0.3 is 0 Å². The van der Waals surface area contributed by atoms with Gasteiger partial charge in [0.05, 0.1) is 18.0 Å². The first-order valence-corrected chi connectivity index (χ1v) is 11.3. The van der Waals surface area contributed by atoms with Crippen LogP contribution in [0.25, 0.3) is 0 Å². The van der Waals surface area contributed by atoms with Crippen LogP contribution < -0.4 is 9.62 Å². The summed E-state index contributed by atoms with van der Waals surface area (Å²) < 4.78 is 26.3. The van der Waals surface area contributed by atoms with Crippen LogP contribution in [0.15, 0.2) is 42.5 Å². The predicted molar refractivity (Wildman–Crippen MR) is 115 cm³/mol. The highest BCUT2D eigenvalue weighted by atomic mass is 32.2. The van der Waals surface area contributed by atoms with Gasteiger partial charge in [0.2, 0.25) is 15.9 Å². The lowest BCUT2D eigenvalue weighted by atomic mass is 9.99. The fourth-order valence-corrected chi connectivity index (χ4v) is 4.64. The number of aryl methyl sites for hydroxylation is 3. The van der Waals surface area contributed by atoms with E-state index in [4.69, 9.17) is 0 Å². The lowest BCUT2D eigenvalue weighted by Gasteiger charge is -2.31. The minimum atomic E-state index is -3.63. The van der Waals surface area contributed by atoms with Gasteiger partial charge in [0, 0.05) is 0 Å². The highest BCUT2D eigenvalue weighted by Crippen LogP contribution is 2.25. The molecule has 5 nitrogen and oxygen atoms in total. The second-order valence-electron chi connectivity index (χ2n) is 7.41. The molecule has 0 saturated carbocycles. The third-order valence-corrected chi connectivity index (χ3v) is 6.03. The summed E-state index contributed by atoms with van der Waals surface area (Å²) in [5.41, 5.74) is 4.68. The highest BCUT2D eigenvalue weighted by molar-refractivity contribution is 7.92. The normalized spacial score (nSPS) is 13.6. The molecule has 152 valence electrons. The quantitative estimate of drug-likeness (QED) is 0.760. The Hall–Kier alpha value is -2.34. The molecule has 0 aliphatic rings. The van der Waals surface area contributed by atoms with Crippen molar-refractivity contribution in [3.63, 3.8) is 0 Å². The molecule has 0 heterocycles. The molecule has 0 aliphatic carbocycles. The van der Waals surface area contributed by atoms with E-state index in [9.17, 15) is 13.2 Å². The molecule has 2 rings (SSSR count). The number of nitrogens with one attached hydrogen (secondary N) is 1. The van der Waals surface area contributed by atoms with E-state index >= 15 is 0 Å². The number of rotatable bonds is 7. The number of sulfonamides is 1. The van der Waals surface area contributed by atoms with E-state index in [0.29, 0.717) is 12.1 Å². The number of amides is 1. The first-order valence-electron chi connectivity index (χ1n) is 9.48. The van der Waals surface area contributed by atoms with Crippen molar-refractivity contribution in [1.29, 1.82) is 0 Å². The number of hydrogen-bond acceptors (Lipinski definition) is 3. The summed E-state index contributed by atoms with van der Waals surface area (Å²) in [6.45, 7) is 9.65. The average Bonchev–Trinajstić information content (AvgIpc) is 2.60. The van der Waals surface area contributed by atoms with Crippen LogP contribution in [0.4, 0.5) is 5.69 Å². The fraction of sp³-hybridized carbons (Fsp3) is 0.409. The molecule has 1 amide bonds. The first-order chi connectivity index (χ1) is 13.0. The van der Waals surface area contributed by atoms with Crippen molar-refractivity contribution in [2.24, 2.45) is 0 Å². The predicted octanol–water partition coefficient (Wildman–Crippen LogP) is 4.03. The third kappa shape index (κ3) is 5.13. The smallest absolute Gasteiger partial charge is 0.244 e. The van der Waals surface area contributed by atoms with E-state index in [1.54, 1.807) is 18.2 Å². The van der Waals surface area contributed by atoms with Crippen LogP contribution in [-0.4, -0.2) is 26.6 Å². The maximum absolute atomic E-state index is 13.1. The Kier molecular flexibility index (Phi) is 6.88. The Morgan fingerprint density at radius 2 is 1.71 bits per heavy atom. The van der Waals surface area contributed by atoms with Gasteiger partial charge in [-0.3, -0.25) is 9.10 Å². The number of carbonyl (C=O) groups excluding carboxylic acids is 1. The zero-order valence-electron chi connectivity index (χ0n) is 17.5. The molecule has 0 aliphatic heterocycles. The molecule has 28 heavy (non-hydrogen) atoms. The van der Waals surface area contributed by atoms with Crippen LogP contribution in [0.1, 0.15) is 48.6 Å². The molecule has 2 aromatic rings. The maximum atomic E-state index is 13.1. The Morgan fingerprint density at radius 3 is 2.29 bits per heavy atom. The Bertz CT molecular complexity index is 954. The molecular formula is C22H30N2O3S. The van der Waals surface area contributed by atoms with Crippen LogP contribution in [0, 0.1) is 20.8 Å². The van der Waals surface area contributed by atoms with Crippen molar-refractivity contribution in [3.05, 3.63) is 64.7 Å². The highest BCUT2D eigenvalue weighted by Gasteiger charge is 2.32. The lowest BCUT2D eigenvalue weighted by Crippen LogP contribution is -2.49. The van der Waals surface area contributed by atoms with Crippen molar-refractivity contribution in [2.45, 2.75) is 53.1 Å². The van der Waals surface area contributed by atoms with Gasteiger partial charge < -0.3 is 5.32 Å². The molecule has 0 fully saturated rings. The minimum Gasteiger partial charge on any atom is -0.348 e. The monoisotopic (exact) mass is 402 g/mol. The molecule has 1 N–H and O–H groups in total. The fourth-order valence-electron chi connectivity index (χ4n) is 3.44.